The summed E-state index contributed by atoms with van der Waals surface area (Å²) in [5, 5.41) is 0. The average molecular weight is 418 g/mol. The van der Waals surface area contributed by atoms with E-state index in [-0.39, 0.29) is 17.0 Å². The van der Waals surface area contributed by atoms with E-state index < -0.39 is 12.0 Å². The molecule has 10 heteroatoms. The second-order valence-electron chi connectivity index (χ2n) is 4.83. The Bertz CT molecular complexity index is 909. The third-order valence-corrected chi connectivity index (χ3v) is 4.54. The maximum Gasteiger partial charge on any atom is 0.449 e. The summed E-state index contributed by atoms with van der Waals surface area (Å²) < 4.78 is 40.6. The van der Waals surface area contributed by atoms with Crippen molar-refractivity contribution in [1.29, 1.82) is 0 Å². The zero-order valence-electron chi connectivity index (χ0n) is 12.6. The van der Waals surface area contributed by atoms with Gasteiger partial charge < -0.3 is 4.57 Å². The number of pyridine rings is 1. The summed E-state index contributed by atoms with van der Waals surface area (Å²) >= 11 is 4.91. The fourth-order valence-corrected chi connectivity index (χ4v) is 3.49. The standard InChI is InChI=1S/C14H11BrF3N5S/c1-3-24-9-4-7(15)5-19-10(9)11-20-6-8-12(22-11)23(2)13(21-8)14(16,17)18/h4-6H,3H2,1-2H3. The Labute approximate surface area is 147 Å². The zero-order chi connectivity index (χ0) is 17.5. The molecule has 0 aliphatic heterocycles. The summed E-state index contributed by atoms with van der Waals surface area (Å²) in [6.07, 6.45) is -1.65. The lowest BCUT2D eigenvalue weighted by Gasteiger charge is -2.07. The molecule has 0 saturated heterocycles. The van der Waals surface area contributed by atoms with E-state index >= 15 is 0 Å². The van der Waals surface area contributed by atoms with Gasteiger partial charge >= 0.3 is 6.18 Å². The molecule has 126 valence electrons. The third kappa shape index (κ3) is 3.12. The fraction of sp³-hybridized carbons (Fsp3) is 0.286. The van der Waals surface area contributed by atoms with Gasteiger partial charge in [-0.3, -0.25) is 4.98 Å². The lowest BCUT2D eigenvalue weighted by Crippen LogP contribution is -2.12. The Morgan fingerprint density at radius 3 is 2.62 bits per heavy atom. The molecule has 3 aromatic heterocycles. The van der Waals surface area contributed by atoms with E-state index in [1.54, 1.807) is 18.0 Å². The molecule has 0 aromatic carbocycles. The maximum absolute atomic E-state index is 13.0. The highest BCUT2D eigenvalue weighted by Gasteiger charge is 2.37. The van der Waals surface area contributed by atoms with E-state index in [4.69, 9.17) is 0 Å². The molecule has 0 saturated carbocycles. The highest BCUT2D eigenvalue weighted by molar-refractivity contribution is 9.10. The van der Waals surface area contributed by atoms with Crippen LogP contribution < -0.4 is 0 Å². The molecule has 3 rings (SSSR count). The Kier molecular flexibility index (Phi) is 4.52. The minimum Gasteiger partial charge on any atom is -0.308 e. The number of rotatable bonds is 3. The molecule has 0 unspecified atom stereocenters. The van der Waals surface area contributed by atoms with Crippen LogP contribution in [0.4, 0.5) is 13.2 Å². The number of aryl methyl sites for hydroxylation is 1. The van der Waals surface area contributed by atoms with Crippen LogP contribution in [0.2, 0.25) is 0 Å². The molecule has 5 nitrogen and oxygen atoms in total. The lowest BCUT2D eigenvalue weighted by atomic mass is 10.3. The zero-order valence-corrected chi connectivity index (χ0v) is 15.0. The molecule has 0 N–H and O–H groups in total. The van der Waals surface area contributed by atoms with E-state index in [1.807, 2.05) is 13.0 Å². The molecule has 0 spiro atoms. The number of thioether (sulfide) groups is 1. The molecule has 3 aromatic rings. The van der Waals surface area contributed by atoms with Gasteiger partial charge in [0.2, 0.25) is 5.82 Å². The summed E-state index contributed by atoms with van der Waals surface area (Å²) in [5.74, 6) is 0.0793. The van der Waals surface area contributed by atoms with E-state index in [0.717, 1.165) is 19.7 Å². The molecule has 0 aliphatic carbocycles. The van der Waals surface area contributed by atoms with Crippen molar-refractivity contribution >= 4 is 38.9 Å². The predicted molar refractivity (Wildman–Crippen MR) is 88.6 cm³/mol. The normalized spacial score (nSPS) is 12.1. The number of hydrogen-bond acceptors (Lipinski definition) is 5. The Balaban J connectivity index is 2.17. The van der Waals surface area contributed by atoms with Crippen LogP contribution in [0.1, 0.15) is 12.7 Å². The van der Waals surface area contributed by atoms with Gasteiger partial charge in [0.25, 0.3) is 0 Å². The first-order chi connectivity index (χ1) is 11.3. The second-order valence-corrected chi connectivity index (χ2v) is 7.05. The van der Waals surface area contributed by atoms with Crippen molar-refractivity contribution in [3.8, 4) is 11.5 Å². The first-order valence-electron chi connectivity index (χ1n) is 6.86. The molecule has 0 radical (unpaired) electrons. The van der Waals surface area contributed by atoms with Gasteiger partial charge in [-0.15, -0.1) is 11.8 Å². The third-order valence-electron chi connectivity index (χ3n) is 3.20. The molecule has 0 amide bonds. The Morgan fingerprint density at radius 2 is 1.96 bits per heavy atom. The fourth-order valence-electron chi connectivity index (χ4n) is 2.20. The van der Waals surface area contributed by atoms with Crippen molar-refractivity contribution in [2.75, 3.05) is 5.75 Å². The SMILES string of the molecule is CCSc1cc(Br)cnc1-c1ncc2nc(C(F)(F)F)n(C)c2n1. The summed E-state index contributed by atoms with van der Waals surface area (Å²) in [5.41, 5.74) is 0.738. The van der Waals surface area contributed by atoms with Crippen LogP contribution in [-0.4, -0.2) is 30.3 Å². The van der Waals surface area contributed by atoms with Gasteiger partial charge in [-0.2, -0.15) is 13.2 Å². The highest BCUT2D eigenvalue weighted by atomic mass is 79.9. The van der Waals surface area contributed by atoms with Crippen molar-refractivity contribution in [1.82, 2.24) is 24.5 Å². The number of fused-ring (bicyclic) bond motifs is 1. The van der Waals surface area contributed by atoms with Crippen molar-refractivity contribution in [2.24, 2.45) is 7.05 Å². The Morgan fingerprint density at radius 1 is 1.21 bits per heavy atom. The second kappa shape index (κ2) is 6.32. The minimum atomic E-state index is -4.55. The van der Waals surface area contributed by atoms with Crippen molar-refractivity contribution in [3.05, 3.63) is 28.8 Å². The smallest absolute Gasteiger partial charge is 0.308 e. The van der Waals surface area contributed by atoms with E-state index in [9.17, 15) is 13.2 Å². The quantitative estimate of drug-likeness (QED) is 0.594. The molecule has 0 aliphatic rings. The number of imidazole rings is 1. The predicted octanol–water partition coefficient (Wildman–Crippen LogP) is 4.32. The number of nitrogens with zero attached hydrogens (tertiary/aromatic N) is 5. The minimum absolute atomic E-state index is 0.0929. The maximum atomic E-state index is 13.0. The lowest BCUT2D eigenvalue weighted by molar-refractivity contribution is -0.146. The number of aromatic nitrogens is 5. The molecule has 24 heavy (non-hydrogen) atoms. The van der Waals surface area contributed by atoms with Crippen LogP contribution >= 0.6 is 27.7 Å². The largest absolute Gasteiger partial charge is 0.449 e. The van der Waals surface area contributed by atoms with E-state index in [0.29, 0.717) is 5.69 Å². The van der Waals surface area contributed by atoms with Gasteiger partial charge in [0, 0.05) is 22.6 Å². The number of halogens is 4. The molecular formula is C14H11BrF3N5S. The van der Waals surface area contributed by atoms with Crippen LogP contribution in [0.3, 0.4) is 0 Å². The van der Waals surface area contributed by atoms with Crippen molar-refractivity contribution < 1.29 is 13.2 Å². The van der Waals surface area contributed by atoms with E-state index in [2.05, 4.69) is 35.9 Å². The first kappa shape index (κ1) is 17.2. The summed E-state index contributed by atoms with van der Waals surface area (Å²) in [6, 6.07) is 1.88. The van der Waals surface area contributed by atoms with Crippen LogP contribution in [0.15, 0.2) is 27.8 Å². The van der Waals surface area contributed by atoms with Crippen molar-refractivity contribution in [2.45, 2.75) is 18.0 Å². The van der Waals surface area contributed by atoms with Crippen LogP contribution in [0.5, 0.6) is 0 Å². The molecule has 0 fully saturated rings. The topological polar surface area (TPSA) is 56.5 Å². The van der Waals surface area contributed by atoms with E-state index in [1.165, 1.54) is 13.2 Å². The van der Waals surface area contributed by atoms with Gasteiger partial charge in [-0.05, 0) is 27.7 Å². The summed E-state index contributed by atoms with van der Waals surface area (Å²) in [6.45, 7) is 2.00. The monoisotopic (exact) mass is 417 g/mol. The van der Waals surface area contributed by atoms with Crippen LogP contribution in [0, 0.1) is 0 Å². The molecule has 0 bridgehead atoms. The van der Waals surface area contributed by atoms with Crippen LogP contribution in [-0.2, 0) is 13.2 Å². The summed E-state index contributed by atoms with van der Waals surface area (Å²) in [7, 11) is 1.28. The van der Waals surface area contributed by atoms with Crippen LogP contribution in [0.25, 0.3) is 22.7 Å². The van der Waals surface area contributed by atoms with Gasteiger partial charge in [0.05, 0.1) is 6.20 Å². The van der Waals surface area contributed by atoms with Gasteiger partial charge in [0.1, 0.15) is 11.2 Å². The summed E-state index contributed by atoms with van der Waals surface area (Å²) in [4.78, 5) is 17.1. The average Bonchev–Trinajstić information content (AvgIpc) is 2.85. The molecule has 0 atom stereocenters. The molecule has 3 heterocycles. The van der Waals surface area contributed by atoms with Gasteiger partial charge in [-0.1, -0.05) is 6.92 Å². The van der Waals surface area contributed by atoms with Gasteiger partial charge in [-0.25, -0.2) is 15.0 Å². The first-order valence-corrected chi connectivity index (χ1v) is 8.64. The van der Waals surface area contributed by atoms with Crippen molar-refractivity contribution in [3.63, 3.8) is 0 Å². The highest BCUT2D eigenvalue weighted by Crippen LogP contribution is 2.32. The van der Waals surface area contributed by atoms with Gasteiger partial charge in [0.15, 0.2) is 11.5 Å². The number of hydrogen-bond donors (Lipinski definition) is 0. The number of alkyl halides is 3. The Hall–Kier alpha value is -1.68. The molecular weight excluding hydrogens is 407 g/mol.